The molecule has 4 rings (SSSR count). The highest BCUT2D eigenvalue weighted by Crippen LogP contribution is 2.24. The Morgan fingerprint density at radius 2 is 2.00 bits per heavy atom. The van der Waals surface area contributed by atoms with Crippen molar-refractivity contribution in [2.45, 2.75) is 25.3 Å². The van der Waals surface area contributed by atoms with E-state index in [0.29, 0.717) is 24.4 Å². The van der Waals surface area contributed by atoms with Crippen LogP contribution in [0.3, 0.4) is 0 Å². The van der Waals surface area contributed by atoms with Crippen LogP contribution in [0.2, 0.25) is 5.02 Å². The molecule has 0 radical (unpaired) electrons. The second-order valence-electron chi connectivity index (χ2n) is 6.86. The van der Waals surface area contributed by atoms with Crippen molar-refractivity contribution in [3.8, 4) is 11.3 Å². The maximum Gasteiger partial charge on any atom is 0.222 e. The summed E-state index contributed by atoms with van der Waals surface area (Å²) < 4.78 is 1.90. The molecule has 1 aliphatic heterocycles. The Morgan fingerprint density at radius 1 is 1.15 bits per heavy atom. The summed E-state index contributed by atoms with van der Waals surface area (Å²) in [6, 6.07) is 17.9. The topological polar surface area (TPSA) is 51.0 Å². The highest BCUT2D eigenvalue weighted by atomic mass is 35.5. The van der Waals surface area contributed by atoms with Gasteiger partial charge in [-0.1, -0.05) is 59.3 Å². The van der Waals surface area contributed by atoms with E-state index in [1.807, 2.05) is 70.4 Å². The second-order valence-corrected chi connectivity index (χ2v) is 7.30. The Hall–Kier alpha value is -2.66. The van der Waals surface area contributed by atoms with Crippen molar-refractivity contribution in [2.24, 2.45) is 0 Å². The van der Waals surface area contributed by atoms with E-state index in [1.165, 1.54) is 0 Å². The fraction of sp³-hybridized carbons (Fsp3) is 0.286. The molecule has 6 heteroatoms. The molecule has 0 spiro atoms. The average Bonchev–Trinajstić information content (AvgIpc) is 3.36. The van der Waals surface area contributed by atoms with Crippen LogP contribution in [0.25, 0.3) is 11.3 Å². The van der Waals surface area contributed by atoms with E-state index in [1.54, 1.807) is 0 Å². The van der Waals surface area contributed by atoms with Crippen LogP contribution in [0.15, 0.2) is 60.8 Å². The number of aromatic nitrogens is 3. The molecule has 27 heavy (non-hydrogen) atoms. The molecule has 0 N–H and O–H groups in total. The fourth-order valence-corrected chi connectivity index (χ4v) is 3.70. The molecule has 1 fully saturated rings. The molecule has 3 aromatic rings. The average molecular weight is 381 g/mol. The normalized spacial score (nSPS) is 16.6. The molecule has 0 saturated carbocycles. The van der Waals surface area contributed by atoms with Crippen molar-refractivity contribution in [2.75, 3.05) is 13.1 Å². The van der Waals surface area contributed by atoms with Gasteiger partial charge in [-0.15, -0.1) is 5.10 Å². The summed E-state index contributed by atoms with van der Waals surface area (Å²) in [4.78, 5) is 14.5. The minimum Gasteiger partial charge on any atom is -0.340 e. The fourth-order valence-electron chi connectivity index (χ4n) is 3.48. The lowest BCUT2D eigenvalue weighted by atomic mass is 10.1. The van der Waals surface area contributed by atoms with Gasteiger partial charge in [0.25, 0.3) is 0 Å². The minimum atomic E-state index is 0.181. The number of halogens is 1. The van der Waals surface area contributed by atoms with Crippen LogP contribution in [0.1, 0.15) is 24.4 Å². The zero-order valence-electron chi connectivity index (χ0n) is 15.0. The van der Waals surface area contributed by atoms with E-state index >= 15 is 0 Å². The lowest BCUT2D eigenvalue weighted by molar-refractivity contribution is -0.130. The largest absolute Gasteiger partial charge is 0.340 e. The van der Waals surface area contributed by atoms with E-state index in [-0.39, 0.29) is 11.9 Å². The summed E-state index contributed by atoms with van der Waals surface area (Å²) in [5.74, 6) is 0.181. The van der Waals surface area contributed by atoms with Crippen LogP contribution in [-0.2, 0) is 11.2 Å². The number of rotatable bonds is 5. The summed E-state index contributed by atoms with van der Waals surface area (Å²) in [5.41, 5.74) is 3.01. The molecular formula is C21H21ClN4O. The Balaban J connectivity index is 1.34. The second kappa shape index (κ2) is 7.92. The third-order valence-corrected chi connectivity index (χ3v) is 5.22. The van der Waals surface area contributed by atoms with Crippen LogP contribution >= 0.6 is 11.6 Å². The number of aryl methyl sites for hydroxylation is 1. The van der Waals surface area contributed by atoms with Crippen LogP contribution in [0.4, 0.5) is 0 Å². The Kier molecular flexibility index (Phi) is 5.21. The van der Waals surface area contributed by atoms with Gasteiger partial charge in [-0.2, -0.15) is 0 Å². The first-order chi connectivity index (χ1) is 13.2. The molecule has 1 atom stereocenters. The molecular weight excluding hydrogens is 360 g/mol. The Bertz CT molecular complexity index is 925. The number of nitrogens with zero attached hydrogens (tertiary/aromatic N) is 4. The van der Waals surface area contributed by atoms with E-state index in [0.717, 1.165) is 29.8 Å². The van der Waals surface area contributed by atoms with Gasteiger partial charge in [-0.25, -0.2) is 4.68 Å². The first kappa shape index (κ1) is 17.7. The van der Waals surface area contributed by atoms with Gasteiger partial charge in [0.2, 0.25) is 5.91 Å². The van der Waals surface area contributed by atoms with Crippen molar-refractivity contribution >= 4 is 17.5 Å². The van der Waals surface area contributed by atoms with Gasteiger partial charge >= 0.3 is 0 Å². The van der Waals surface area contributed by atoms with Crippen molar-refractivity contribution in [3.05, 3.63) is 71.4 Å². The Labute approximate surface area is 163 Å². The maximum atomic E-state index is 12.6. The van der Waals surface area contributed by atoms with Crippen LogP contribution in [0, 0.1) is 0 Å². The molecule has 1 saturated heterocycles. The van der Waals surface area contributed by atoms with Crippen molar-refractivity contribution in [1.82, 2.24) is 19.9 Å². The SMILES string of the molecule is O=C(CCc1cccc(Cl)c1)N1CCC(n2cc(-c3ccccc3)nn2)C1. The third kappa shape index (κ3) is 4.19. The molecule has 1 amide bonds. The van der Waals surface area contributed by atoms with Gasteiger partial charge < -0.3 is 4.90 Å². The van der Waals surface area contributed by atoms with Crippen LogP contribution in [0.5, 0.6) is 0 Å². The summed E-state index contributed by atoms with van der Waals surface area (Å²) in [5, 5.41) is 9.28. The molecule has 0 aliphatic carbocycles. The first-order valence-corrected chi connectivity index (χ1v) is 9.56. The molecule has 2 heterocycles. The van der Waals surface area contributed by atoms with Crippen LogP contribution in [-0.4, -0.2) is 38.9 Å². The van der Waals surface area contributed by atoms with Gasteiger partial charge in [0, 0.05) is 30.1 Å². The summed E-state index contributed by atoms with van der Waals surface area (Å²) in [6.45, 7) is 1.45. The number of hydrogen-bond donors (Lipinski definition) is 0. The van der Waals surface area contributed by atoms with Gasteiger partial charge in [-0.3, -0.25) is 4.79 Å². The molecule has 1 unspecified atom stereocenters. The number of amides is 1. The summed E-state index contributed by atoms with van der Waals surface area (Å²) >= 11 is 6.01. The van der Waals surface area contributed by atoms with Crippen molar-refractivity contribution in [1.29, 1.82) is 0 Å². The maximum absolute atomic E-state index is 12.6. The first-order valence-electron chi connectivity index (χ1n) is 9.18. The summed E-state index contributed by atoms with van der Waals surface area (Å²) in [6.07, 6.45) is 4.09. The van der Waals surface area contributed by atoms with Gasteiger partial charge in [0.1, 0.15) is 5.69 Å². The Morgan fingerprint density at radius 3 is 2.81 bits per heavy atom. The standard InChI is InChI=1S/C21H21ClN4O/c22-18-8-4-5-16(13-18)9-10-21(27)25-12-11-19(14-25)26-15-20(23-24-26)17-6-2-1-3-7-17/h1-8,13,15,19H,9-12,14H2. The van der Waals surface area contributed by atoms with Crippen molar-refractivity contribution in [3.63, 3.8) is 0 Å². The monoisotopic (exact) mass is 380 g/mol. The van der Waals surface area contributed by atoms with Gasteiger partial charge in [0.15, 0.2) is 0 Å². The predicted octanol–water partition coefficient (Wildman–Crippen LogP) is 4.00. The molecule has 5 nitrogen and oxygen atoms in total. The molecule has 2 aromatic carbocycles. The summed E-state index contributed by atoms with van der Waals surface area (Å²) in [7, 11) is 0. The van der Waals surface area contributed by atoms with E-state index < -0.39 is 0 Å². The number of hydrogen-bond acceptors (Lipinski definition) is 3. The van der Waals surface area contributed by atoms with E-state index in [2.05, 4.69) is 10.3 Å². The highest BCUT2D eigenvalue weighted by molar-refractivity contribution is 6.30. The predicted molar refractivity (Wildman–Crippen MR) is 105 cm³/mol. The van der Waals surface area contributed by atoms with E-state index in [9.17, 15) is 4.79 Å². The smallest absolute Gasteiger partial charge is 0.222 e. The van der Waals surface area contributed by atoms with Gasteiger partial charge in [-0.05, 0) is 30.5 Å². The minimum absolute atomic E-state index is 0.181. The molecule has 1 aliphatic rings. The van der Waals surface area contributed by atoms with Crippen LogP contribution < -0.4 is 0 Å². The number of likely N-dealkylation sites (tertiary alicyclic amines) is 1. The molecule has 1 aromatic heterocycles. The molecule has 138 valence electrons. The zero-order chi connectivity index (χ0) is 18.6. The number of carbonyl (C=O) groups is 1. The van der Waals surface area contributed by atoms with E-state index in [4.69, 9.17) is 11.6 Å². The number of benzene rings is 2. The molecule has 0 bridgehead atoms. The zero-order valence-corrected chi connectivity index (χ0v) is 15.7. The quantitative estimate of drug-likeness (QED) is 0.672. The highest BCUT2D eigenvalue weighted by Gasteiger charge is 2.28. The van der Waals surface area contributed by atoms with Gasteiger partial charge in [0.05, 0.1) is 12.2 Å². The lowest BCUT2D eigenvalue weighted by Crippen LogP contribution is -2.29. The lowest BCUT2D eigenvalue weighted by Gasteiger charge is -2.16. The van der Waals surface area contributed by atoms with Crippen molar-refractivity contribution < 1.29 is 4.79 Å². The third-order valence-electron chi connectivity index (χ3n) is 4.99. The number of carbonyl (C=O) groups excluding carboxylic acids is 1.